The summed E-state index contributed by atoms with van der Waals surface area (Å²) in [6.07, 6.45) is 3.92. The van der Waals surface area contributed by atoms with Crippen LogP contribution in [-0.2, 0) is 0 Å². The lowest BCUT2D eigenvalue weighted by Crippen LogP contribution is -2.48. The molecule has 39 heavy (non-hydrogen) atoms. The molecule has 0 saturated carbocycles. The number of fused-ring (bicyclic) bond motifs is 5. The molecule has 0 bridgehead atoms. The van der Waals surface area contributed by atoms with E-state index in [9.17, 15) is 14.4 Å². The zero-order chi connectivity index (χ0) is 26.7. The van der Waals surface area contributed by atoms with Crippen LogP contribution in [0.2, 0.25) is 0 Å². The van der Waals surface area contributed by atoms with Gasteiger partial charge in [0.05, 0.1) is 13.2 Å². The van der Waals surface area contributed by atoms with Crippen LogP contribution in [0.5, 0.6) is 5.75 Å². The second-order valence-electron chi connectivity index (χ2n) is 10.3. The van der Waals surface area contributed by atoms with Gasteiger partial charge in [0.15, 0.2) is 17.3 Å². The number of ether oxygens (including phenoxy) is 1. The maximum atomic E-state index is 14.6. The molecule has 1 spiro atoms. The van der Waals surface area contributed by atoms with E-state index >= 15 is 0 Å². The monoisotopic (exact) mass is 511 g/mol. The van der Waals surface area contributed by atoms with Gasteiger partial charge < -0.3 is 9.64 Å². The number of anilines is 1. The molecule has 3 aliphatic rings. The summed E-state index contributed by atoms with van der Waals surface area (Å²) in [5.74, 6) is -0.658. The van der Waals surface area contributed by atoms with Crippen molar-refractivity contribution < 1.29 is 19.1 Å². The summed E-state index contributed by atoms with van der Waals surface area (Å²) in [7, 11) is 1.59. The van der Waals surface area contributed by atoms with Crippen molar-refractivity contribution in [2.75, 3.05) is 12.0 Å². The van der Waals surface area contributed by atoms with Crippen molar-refractivity contribution in [3.05, 3.63) is 137 Å². The molecule has 3 atom stereocenters. The SMILES string of the molecule is COc1ccc([C@H]2[C@@H](C(=O)c3ccccc3)N3c4ccccc4C=C[C@@H]3C23C(=O)c2ccccc2C3=O)cc1. The summed E-state index contributed by atoms with van der Waals surface area (Å²) in [4.78, 5) is 45.7. The van der Waals surface area contributed by atoms with Crippen LogP contribution in [0.4, 0.5) is 5.69 Å². The van der Waals surface area contributed by atoms with Crippen molar-refractivity contribution in [1.29, 1.82) is 0 Å². The van der Waals surface area contributed by atoms with E-state index in [1.165, 1.54) is 0 Å². The summed E-state index contributed by atoms with van der Waals surface area (Å²) in [6.45, 7) is 0. The second-order valence-corrected chi connectivity index (χ2v) is 10.3. The average molecular weight is 512 g/mol. The normalized spacial score (nSPS) is 22.0. The molecule has 1 aliphatic carbocycles. The molecule has 190 valence electrons. The Morgan fingerprint density at radius 1 is 0.769 bits per heavy atom. The number of carbonyl (C=O) groups excluding carboxylic acids is 3. The van der Waals surface area contributed by atoms with Crippen molar-refractivity contribution in [3.63, 3.8) is 0 Å². The number of carbonyl (C=O) groups is 3. The Balaban J connectivity index is 1.54. The number of para-hydroxylation sites is 1. The number of benzene rings is 4. The first-order valence-corrected chi connectivity index (χ1v) is 13.0. The largest absolute Gasteiger partial charge is 0.497 e. The summed E-state index contributed by atoms with van der Waals surface area (Å²) in [5.41, 5.74) is 2.41. The molecule has 0 unspecified atom stereocenters. The van der Waals surface area contributed by atoms with Gasteiger partial charge in [-0.2, -0.15) is 0 Å². The minimum atomic E-state index is -1.50. The number of methoxy groups -OCH3 is 1. The van der Waals surface area contributed by atoms with Gasteiger partial charge in [-0.3, -0.25) is 14.4 Å². The Bertz CT molecular complexity index is 1640. The molecule has 0 radical (unpaired) electrons. The van der Waals surface area contributed by atoms with E-state index in [0.717, 1.165) is 16.8 Å². The van der Waals surface area contributed by atoms with Gasteiger partial charge in [0.25, 0.3) is 0 Å². The lowest BCUT2D eigenvalue weighted by molar-refractivity contribution is 0.0666. The van der Waals surface area contributed by atoms with Gasteiger partial charge in [-0.25, -0.2) is 0 Å². The van der Waals surface area contributed by atoms with Crippen LogP contribution in [0.3, 0.4) is 0 Å². The van der Waals surface area contributed by atoms with Crippen molar-refractivity contribution in [3.8, 4) is 5.75 Å². The Hall–Kier alpha value is -4.77. The molecule has 5 nitrogen and oxygen atoms in total. The number of hydrogen-bond donors (Lipinski definition) is 0. The van der Waals surface area contributed by atoms with Gasteiger partial charge in [-0.15, -0.1) is 0 Å². The fourth-order valence-electron chi connectivity index (χ4n) is 6.87. The molecule has 0 aromatic heterocycles. The first-order valence-electron chi connectivity index (χ1n) is 13.0. The summed E-state index contributed by atoms with van der Waals surface area (Å²) in [6, 6.07) is 30.0. The fourth-order valence-corrected chi connectivity index (χ4v) is 6.87. The van der Waals surface area contributed by atoms with Gasteiger partial charge in [0.2, 0.25) is 0 Å². The minimum absolute atomic E-state index is 0.125. The van der Waals surface area contributed by atoms with Gasteiger partial charge >= 0.3 is 0 Å². The first kappa shape index (κ1) is 23.4. The topological polar surface area (TPSA) is 63.7 Å². The lowest BCUT2D eigenvalue weighted by Gasteiger charge is -2.37. The molecular weight excluding hydrogens is 486 g/mol. The standard InChI is InChI=1S/C34H25NO4/c1-39-24-18-15-22(16-19-24)29-30(31(36)23-10-3-2-4-11-23)35-27-14-8-5-9-21(27)17-20-28(35)34(29)32(37)25-12-6-7-13-26(25)33(34)38/h2-20,28-30H,1H3/t28-,29+,30+/m1/s1. The summed E-state index contributed by atoms with van der Waals surface area (Å²) < 4.78 is 5.40. The van der Waals surface area contributed by atoms with Crippen LogP contribution in [-0.4, -0.2) is 36.5 Å². The van der Waals surface area contributed by atoms with Crippen LogP contribution in [0, 0.1) is 5.41 Å². The van der Waals surface area contributed by atoms with Crippen LogP contribution in [0.15, 0.2) is 109 Å². The Labute approximate surface area is 226 Å². The zero-order valence-corrected chi connectivity index (χ0v) is 21.3. The van der Waals surface area contributed by atoms with E-state index in [1.54, 1.807) is 43.5 Å². The smallest absolute Gasteiger partial charge is 0.185 e. The maximum Gasteiger partial charge on any atom is 0.185 e. The summed E-state index contributed by atoms with van der Waals surface area (Å²) >= 11 is 0. The molecule has 0 amide bonds. The van der Waals surface area contributed by atoms with E-state index in [2.05, 4.69) is 0 Å². The van der Waals surface area contributed by atoms with Gasteiger partial charge in [0.1, 0.15) is 17.2 Å². The number of Topliss-reactive ketones (excluding diaryl/α,β-unsaturated/α-hetero) is 3. The highest BCUT2D eigenvalue weighted by Gasteiger charge is 2.71. The molecule has 1 fully saturated rings. The molecular formula is C34H25NO4. The third-order valence-corrected chi connectivity index (χ3v) is 8.51. The van der Waals surface area contributed by atoms with E-state index in [0.29, 0.717) is 22.4 Å². The predicted octanol–water partition coefficient (Wildman–Crippen LogP) is 6.01. The molecule has 2 heterocycles. The highest BCUT2D eigenvalue weighted by Crippen LogP contribution is 2.61. The van der Waals surface area contributed by atoms with Crippen LogP contribution < -0.4 is 9.64 Å². The zero-order valence-electron chi connectivity index (χ0n) is 21.3. The average Bonchev–Trinajstić information content (AvgIpc) is 3.43. The van der Waals surface area contributed by atoms with E-state index < -0.39 is 23.4 Å². The van der Waals surface area contributed by atoms with Crippen LogP contribution in [0.25, 0.3) is 6.08 Å². The third-order valence-electron chi connectivity index (χ3n) is 8.51. The maximum absolute atomic E-state index is 14.6. The molecule has 0 N–H and O–H groups in total. The minimum Gasteiger partial charge on any atom is -0.497 e. The van der Waals surface area contributed by atoms with Crippen molar-refractivity contribution in [2.24, 2.45) is 5.41 Å². The van der Waals surface area contributed by atoms with Crippen molar-refractivity contribution in [1.82, 2.24) is 0 Å². The number of ketones is 3. The van der Waals surface area contributed by atoms with Crippen molar-refractivity contribution >= 4 is 29.1 Å². The number of nitrogens with zero attached hydrogens (tertiary/aromatic N) is 1. The fraction of sp³-hybridized carbons (Fsp3) is 0.147. The van der Waals surface area contributed by atoms with Gasteiger partial charge in [-0.1, -0.05) is 97.1 Å². The highest BCUT2D eigenvalue weighted by molar-refractivity contribution is 6.32. The molecule has 1 saturated heterocycles. The summed E-state index contributed by atoms with van der Waals surface area (Å²) in [5, 5.41) is 0. The third kappa shape index (κ3) is 3.10. The lowest BCUT2D eigenvalue weighted by atomic mass is 9.64. The van der Waals surface area contributed by atoms with E-state index in [4.69, 9.17) is 4.74 Å². The van der Waals surface area contributed by atoms with Crippen LogP contribution >= 0.6 is 0 Å². The Morgan fingerprint density at radius 3 is 2.05 bits per heavy atom. The Kier molecular flexibility index (Phi) is 5.17. The molecule has 4 aromatic carbocycles. The predicted molar refractivity (Wildman–Crippen MR) is 150 cm³/mol. The van der Waals surface area contributed by atoms with Crippen molar-refractivity contribution in [2.45, 2.75) is 18.0 Å². The van der Waals surface area contributed by atoms with Crippen LogP contribution in [0.1, 0.15) is 48.1 Å². The number of rotatable bonds is 4. The quantitative estimate of drug-likeness (QED) is 0.248. The molecule has 7 rings (SSSR count). The van der Waals surface area contributed by atoms with Gasteiger partial charge in [0, 0.05) is 28.3 Å². The van der Waals surface area contributed by atoms with E-state index in [-0.39, 0.29) is 17.3 Å². The molecule has 4 aromatic rings. The second kappa shape index (κ2) is 8.63. The van der Waals surface area contributed by atoms with E-state index in [1.807, 2.05) is 83.8 Å². The van der Waals surface area contributed by atoms with Gasteiger partial charge in [-0.05, 0) is 29.3 Å². The molecule has 5 heteroatoms. The number of hydrogen-bond acceptors (Lipinski definition) is 5. The molecule has 2 aliphatic heterocycles. The highest BCUT2D eigenvalue weighted by atomic mass is 16.5. The first-order chi connectivity index (χ1) is 19.1. The Morgan fingerprint density at radius 2 is 1.38 bits per heavy atom.